The number of hydrogen-bond acceptors (Lipinski definition) is 4. The molecule has 1 aliphatic rings. The molecule has 1 aliphatic heterocycles. The number of benzene rings is 1. The first-order chi connectivity index (χ1) is 8.78. The van der Waals surface area contributed by atoms with Crippen LogP contribution in [-0.2, 0) is 6.42 Å². The highest BCUT2D eigenvalue weighted by molar-refractivity contribution is 9.10. The fourth-order valence-corrected chi connectivity index (χ4v) is 2.89. The molecule has 1 aromatic carbocycles. The molecule has 3 rings (SSSR count). The SMILES string of the molecule is CCc1nnc2n1N=C(c1ccc(Br)cc1)CS2.[Br-]. The molecule has 0 fully saturated rings. The van der Waals surface area contributed by atoms with Crippen molar-refractivity contribution in [2.24, 2.45) is 5.10 Å². The molecular formula is C12H11Br2N4S-. The smallest absolute Gasteiger partial charge is 0.212 e. The van der Waals surface area contributed by atoms with Crippen LogP contribution in [0.1, 0.15) is 18.3 Å². The minimum absolute atomic E-state index is 0. The van der Waals surface area contributed by atoms with Crippen molar-refractivity contribution in [3.8, 4) is 0 Å². The van der Waals surface area contributed by atoms with Gasteiger partial charge >= 0.3 is 0 Å². The highest BCUT2D eigenvalue weighted by atomic mass is 79.9. The Balaban J connectivity index is 0.00000133. The Morgan fingerprint density at radius 3 is 2.68 bits per heavy atom. The fraction of sp³-hybridized carbons (Fsp3) is 0.250. The molecule has 1 aromatic heterocycles. The zero-order chi connectivity index (χ0) is 12.5. The molecule has 0 spiro atoms. The zero-order valence-electron chi connectivity index (χ0n) is 10.2. The van der Waals surface area contributed by atoms with Crippen molar-refractivity contribution >= 4 is 33.4 Å². The van der Waals surface area contributed by atoms with E-state index in [2.05, 4.69) is 50.3 Å². The number of nitrogens with zero attached hydrogens (tertiary/aromatic N) is 4. The van der Waals surface area contributed by atoms with Gasteiger partial charge in [0.15, 0.2) is 5.82 Å². The van der Waals surface area contributed by atoms with Gasteiger partial charge in [0.1, 0.15) is 0 Å². The van der Waals surface area contributed by atoms with Crippen LogP contribution in [0.5, 0.6) is 0 Å². The van der Waals surface area contributed by atoms with E-state index < -0.39 is 0 Å². The lowest BCUT2D eigenvalue weighted by Gasteiger charge is -2.13. The van der Waals surface area contributed by atoms with Crippen LogP contribution in [-0.4, -0.2) is 26.3 Å². The third-order valence-corrected chi connectivity index (χ3v) is 4.19. The molecule has 7 heteroatoms. The van der Waals surface area contributed by atoms with E-state index in [0.717, 1.165) is 38.9 Å². The van der Waals surface area contributed by atoms with Gasteiger partial charge in [0.25, 0.3) is 0 Å². The standard InChI is InChI=1S/C12H11BrN4S.BrH/c1-2-11-14-15-12-17(11)16-10(7-18-12)8-3-5-9(13)6-4-8;/h3-6H,2,7H2,1H3;1H/p-1. The number of halogens is 2. The predicted molar refractivity (Wildman–Crippen MR) is 76.2 cm³/mol. The summed E-state index contributed by atoms with van der Waals surface area (Å²) in [5.74, 6) is 1.75. The lowest BCUT2D eigenvalue weighted by atomic mass is 10.1. The van der Waals surface area contributed by atoms with Crippen molar-refractivity contribution in [2.75, 3.05) is 5.75 Å². The van der Waals surface area contributed by atoms with E-state index >= 15 is 0 Å². The first-order valence-electron chi connectivity index (χ1n) is 5.69. The van der Waals surface area contributed by atoms with Crippen LogP contribution in [0.2, 0.25) is 0 Å². The summed E-state index contributed by atoms with van der Waals surface area (Å²) in [6.45, 7) is 2.06. The maximum Gasteiger partial charge on any atom is 0.212 e. The van der Waals surface area contributed by atoms with Crippen LogP contribution in [0.25, 0.3) is 0 Å². The maximum absolute atomic E-state index is 4.65. The average molecular weight is 403 g/mol. The number of hydrogen-bond donors (Lipinski definition) is 0. The fourth-order valence-electron chi connectivity index (χ4n) is 1.77. The summed E-state index contributed by atoms with van der Waals surface area (Å²) >= 11 is 5.12. The Hall–Kier alpha value is -0.660. The number of fused-ring (bicyclic) bond motifs is 1. The van der Waals surface area contributed by atoms with Crippen molar-refractivity contribution in [3.05, 3.63) is 40.1 Å². The topological polar surface area (TPSA) is 43.1 Å². The van der Waals surface area contributed by atoms with Crippen molar-refractivity contribution in [1.82, 2.24) is 14.9 Å². The summed E-state index contributed by atoms with van der Waals surface area (Å²) in [6.07, 6.45) is 0.838. The van der Waals surface area contributed by atoms with Gasteiger partial charge in [0.2, 0.25) is 5.16 Å². The summed E-state index contributed by atoms with van der Waals surface area (Å²) < 4.78 is 2.93. The van der Waals surface area contributed by atoms with Crippen LogP contribution in [0.3, 0.4) is 0 Å². The van der Waals surface area contributed by atoms with Gasteiger partial charge in [-0.15, -0.1) is 10.2 Å². The molecule has 0 bridgehead atoms. The molecule has 0 saturated heterocycles. The molecule has 2 aromatic rings. The second-order valence-corrected chi connectivity index (χ2v) is 5.76. The Kier molecular flexibility index (Phi) is 4.81. The van der Waals surface area contributed by atoms with Crippen molar-refractivity contribution in [1.29, 1.82) is 0 Å². The molecule has 0 radical (unpaired) electrons. The van der Waals surface area contributed by atoms with E-state index in [-0.39, 0.29) is 17.0 Å². The van der Waals surface area contributed by atoms with Gasteiger partial charge < -0.3 is 17.0 Å². The van der Waals surface area contributed by atoms with Crippen LogP contribution in [0, 0.1) is 0 Å². The lowest BCUT2D eigenvalue weighted by molar-refractivity contribution is -0.00000364. The predicted octanol–water partition coefficient (Wildman–Crippen LogP) is -0.0349. The molecule has 0 aliphatic carbocycles. The summed E-state index contributed by atoms with van der Waals surface area (Å²) in [6, 6.07) is 8.21. The molecule has 0 saturated carbocycles. The van der Waals surface area contributed by atoms with E-state index in [0.29, 0.717) is 0 Å². The second kappa shape index (κ2) is 6.19. The highest BCUT2D eigenvalue weighted by Gasteiger charge is 2.18. The number of rotatable bonds is 2. The van der Waals surface area contributed by atoms with Gasteiger partial charge in [-0.25, -0.2) is 0 Å². The summed E-state index contributed by atoms with van der Waals surface area (Å²) in [5.41, 5.74) is 2.21. The third-order valence-electron chi connectivity index (χ3n) is 2.73. The van der Waals surface area contributed by atoms with Crippen molar-refractivity contribution in [3.63, 3.8) is 0 Å². The van der Waals surface area contributed by atoms with Crippen LogP contribution >= 0.6 is 27.7 Å². The van der Waals surface area contributed by atoms with Gasteiger partial charge in [-0.2, -0.15) is 9.78 Å². The first kappa shape index (κ1) is 14.7. The maximum atomic E-state index is 4.65. The molecule has 4 nitrogen and oxygen atoms in total. The molecule has 0 unspecified atom stereocenters. The van der Waals surface area contributed by atoms with Gasteiger partial charge in [-0.05, 0) is 17.7 Å². The molecule has 0 atom stereocenters. The minimum atomic E-state index is 0. The van der Waals surface area contributed by atoms with Crippen LogP contribution in [0.4, 0.5) is 0 Å². The van der Waals surface area contributed by atoms with Crippen LogP contribution < -0.4 is 17.0 Å². The van der Waals surface area contributed by atoms with Crippen molar-refractivity contribution < 1.29 is 17.0 Å². The monoisotopic (exact) mass is 401 g/mol. The molecule has 100 valence electrons. The average Bonchev–Trinajstić information content (AvgIpc) is 2.81. The van der Waals surface area contributed by atoms with Crippen LogP contribution in [0.15, 0.2) is 39.0 Å². The number of aryl methyl sites for hydroxylation is 1. The van der Waals surface area contributed by atoms with Gasteiger partial charge in [0, 0.05) is 16.6 Å². The number of thioether (sulfide) groups is 1. The minimum Gasteiger partial charge on any atom is -1.00 e. The Morgan fingerprint density at radius 2 is 2.00 bits per heavy atom. The molecule has 2 heterocycles. The lowest BCUT2D eigenvalue weighted by Crippen LogP contribution is -3.00. The van der Waals surface area contributed by atoms with E-state index in [1.807, 2.05) is 16.8 Å². The van der Waals surface area contributed by atoms with Gasteiger partial charge in [0.05, 0.1) is 5.71 Å². The Labute approximate surface area is 134 Å². The molecule has 0 amide bonds. The van der Waals surface area contributed by atoms with E-state index in [9.17, 15) is 0 Å². The Bertz CT molecular complexity index is 607. The third kappa shape index (κ3) is 2.93. The summed E-state index contributed by atoms with van der Waals surface area (Å²) in [7, 11) is 0. The van der Waals surface area contributed by atoms with Gasteiger partial charge in [-0.3, -0.25) is 0 Å². The Morgan fingerprint density at radius 1 is 1.26 bits per heavy atom. The zero-order valence-corrected chi connectivity index (χ0v) is 14.2. The molecule has 19 heavy (non-hydrogen) atoms. The van der Waals surface area contributed by atoms with E-state index in [4.69, 9.17) is 0 Å². The van der Waals surface area contributed by atoms with Crippen molar-refractivity contribution in [2.45, 2.75) is 18.5 Å². The highest BCUT2D eigenvalue weighted by Crippen LogP contribution is 2.24. The van der Waals surface area contributed by atoms with E-state index in [1.165, 1.54) is 0 Å². The van der Waals surface area contributed by atoms with Gasteiger partial charge in [-0.1, -0.05) is 46.7 Å². The summed E-state index contributed by atoms with van der Waals surface area (Å²) in [4.78, 5) is 0. The van der Waals surface area contributed by atoms with E-state index in [1.54, 1.807) is 11.8 Å². The summed E-state index contributed by atoms with van der Waals surface area (Å²) in [5, 5.41) is 13.8. The first-order valence-corrected chi connectivity index (χ1v) is 7.46. The quantitative estimate of drug-likeness (QED) is 0.708. The largest absolute Gasteiger partial charge is 1.00 e. The molecular weight excluding hydrogens is 392 g/mol. The molecule has 0 N–H and O–H groups in total. The normalized spacial score (nSPS) is 13.5. The number of aromatic nitrogens is 3. The second-order valence-electron chi connectivity index (χ2n) is 3.91.